The minimum absolute atomic E-state index is 0.0698. The van der Waals surface area contributed by atoms with Gasteiger partial charge < -0.3 is 30.8 Å². The first-order valence-corrected chi connectivity index (χ1v) is 17.2. The zero-order valence-electron chi connectivity index (χ0n) is 27.0. The van der Waals surface area contributed by atoms with Crippen molar-refractivity contribution in [3.05, 3.63) is 41.0 Å². The summed E-state index contributed by atoms with van der Waals surface area (Å²) in [7, 11) is -1.95. The monoisotopic (exact) mass is 604 g/mol. The van der Waals surface area contributed by atoms with Crippen LogP contribution < -0.4 is 21.7 Å². The van der Waals surface area contributed by atoms with Crippen molar-refractivity contribution in [2.75, 3.05) is 17.2 Å². The molecule has 2 heterocycles. The summed E-state index contributed by atoms with van der Waals surface area (Å²) in [6, 6.07) is 1.99. The lowest BCUT2D eigenvalue weighted by atomic mass is 10.0. The summed E-state index contributed by atoms with van der Waals surface area (Å²) in [5, 5.41) is 9.11. The van der Waals surface area contributed by atoms with Crippen LogP contribution in [0.5, 0.6) is 0 Å². The summed E-state index contributed by atoms with van der Waals surface area (Å²) in [4.78, 5) is 33.4. The Labute approximate surface area is 250 Å². The summed E-state index contributed by atoms with van der Waals surface area (Å²) < 4.78 is 27.1. The van der Waals surface area contributed by atoms with E-state index in [0.29, 0.717) is 25.1 Å². The van der Waals surface area contributed by atoms with Crippen LogP contribution in [0.4, 0.5) is 26.5 Å². The number of nitrogens with one attached hydrogen (secondary N) is 3. The molecule has 2 aromatic rings. The van der Waals surface area contributed by atoms with Gasteiger partial charge in [0.25, 0.3) is 5.91 Å². The number of amides is 2. The molecule has 0 aliphatic carbocycles. The predicted octanol–water partition coefficient (Wildman–Crippen LogP) is 6.57. The van der Waals surface area contributed by atoms with Gasteiger partial charge in [-0.2, -0.15) is 0 Å². The van der Waals surface area contributed by atoms with E-state index in [1.54, 1.807) is 27.0 Å². The maximum absolute atomic E-state index is 15.3. The number of alkyl carbamates (subject to hydrolysis) is 1. The van der Waals surface area contributed by atoms with Gasteiger partial charge in [-0.3, -0.25) is 9.78 Å². The van der Waals surface area contributed by atoms with E-state index in [9.17, 15) is 9.59 Å². The number of anilines is 3. The molecule has 234 valence electrons. The van der Waals surface area contributed by atoms with Crippen LogP contribution in [0.25, 0.3) is 0 Å². The molecule has 0 fully saturated rings. The van der Waals surface area contributed by atoms with E-state index in [2.05, 4.69) is 59.8 Å². The van der Waals surface area contributed by atoms with E-state index in [-0.39, 0.29) is 22.2 Å². The van der Waals surface area contributed by atoms with Crippen molar-refractivity contribution in [2.24, 2.45) is 5.73 Å². The largest absolute Gasteiger partial charge is 0.444 e. The maximum Gasteiger partial charge on any atom is 0.407 e. The number of primary amides is 1. The Morgan fingerprint density at radius 1 is 1.10 bits per heavy atom. The molecule has 0 saturated heterocycles. The molecular weight excluding hydrogens is 555 g/mol. The Balaban J connectivity index is 2.35. The van der Waals surface area contributed by atoms with Crippen molar-refractivity contribution in [1.82, 2.24) is 15.3 Å². The third kappa shape index (κ3) is 10.2. The van der Waals surface area contributed by atoms with Crippen molar-refractivity contribution in [1.29, 1.82) is 0 Å². The number of nitrogens with zero attached hydrogens (tertiary/aromatic N) is 2. The predicted molar refractivity (Wildman–Crippen MR) is 168 cm³/mol. The number of carbonyl (C=O) groups is 2. The van der Waals surface area contributed by atoms with Crippen LogP contribution in [0.3, 0.4) is 0 Å². The number of halogens is 1. The Morgan fingerprint density at radius 2 is 1.74 bits per heavy atom. The lowest BCUT2D eigenvalue weighted by Gasteiger charge is -2.36. The first kappa shape index (κ1) is 34.9. The molecule has 0 bridgehead atoms. The van der Waals surface area contributed by atoms with Crippen LogP contribution in [-0.4, -0.2) is 54.6 Å². The first-order valence-electron chi connectivity index (χ1n) is 14.3. The van der Waals surface area contributed by atoms with Crippen LogP contribution in [0.15, 0.2) is 18.3 Å². The third-order valence-corrected chi connectivity index (χ3v) is 12.0. The number of aryl methyl sites for hydroxylation is 2. The zero-order valence-corrected chi connectivity index (χ0v) is 28.0. The summed E-state index contributed by atoms with van der Waals surface area (Å²) in [6.07, 6.45) is 2.21. The average molecular weight is 605 g/mol. The Kier molecular flexibility index (Phi) is 11.5. The molecule has 42 heavy (non-hydrogen) atoms. The fourth-order valence-electron chi connectivity index (χ4n) is 3.79. The van der Waals surface area contributed by atoms with Crippen LogP contribution in [0.2, 0.25) is 18.1 Å². The number of ether oxygens (including phenoxy) is 1. The standard InChI is InChI=1S/C30H49FN6O4Si/c1-18-15-21(17-33-19(18)2)35-26-22(25(32)38)16-23(31)27(37-26)36-24(20(3)34-28(39)41-29(4,5)6)13-12-14-40-42(10,11)30(7,8)9/h15-17,20,24H,12-14H2,1-11H3,(H2,32,38)(H,34,39)(H2,35,36,37)/t20-,24+/m0/s1. The smallest absolute Gasteiger partial charge is 0.407 e. The van der Waals surface area contributed by atoms with Crippen LogP contribution >= 0.6 is 0 Å². The fraction of sp³-hybridized carbons (Fsp3) is 0.600. The molecule has 2 aromatic heterocycles. The topological polar surface area (TPSA) is 140 Å². The molecule has 5 N–H and O–H groups in total. The van der Waals surface area contributed by atoms with E-state index < -0.39 is 43.8 Å². The SMILES string of the molecule is Cc1cc(Nc2nc(N[C@H](CCCO[Si](C)(C)C(C)(C)C)[C@H](C)NC(=O)OC(C)(C)C)c(F)cc2C(N)=O)cnc1C. The van der Waals surface area contributed by atoms with Gasteiger partial charge in [-0.05, 0) is 90.2 Å². The summed E-state index contributed by atoms with van der Waals surface area (Å²) in [5.41, 5.74) is 7.14. The highest BCUT2D eigenvalue weighted by Gasteiger charge is 2.37. The second-order valence-electron chi connectivity index (χ2n) is 13.3. The maximum atomic E-state index is 15.3. The lowest BCUT2D eigenvalue weighted by molar-refractivity contribution is 0.0502. The second kappa shape index (κ2) is 13.8. The van der Waals surface area contributed by atoms with E-state index in [4.69, 9.17) is 14.9 Å². The van der Waals surface area contributed by atoms with Crippen LogP contribution in [0, 0.1) is 19.7 Å². The highest BCUT2D eigenvalue weighted by molar-refractivity contribution is 6.74. The molecular formula is C30H49FN6O4Si. The number of pyridine rings is 2. The molecule has 12 heteroatoms. The number of hydrogen-bond donors (Lipinski definition) is 4. The van der Waals surface area contributed by atoms with Crippen molar-refractivity contribution < 1.29 is 23.1 Å². The van der Waals surface area contributed by atoms with E-state index in [0.717, 1.165) is 17.3 Å². The Bertz CT molecular complexity index is 1260. The van der Waals surface area contributed by atoms with Crippen molar-refractivity contribution in [3.8, 4) is 0 Å². The molecule has 0 spiro atoms. The van der Waals surface area contributed by atoms with Gasteiger partial charge in [0.1, 0.15) is 11.4 Å². The van der Waals surface area contributed by atoms with E-state index in [1.165, 1.54) is 0 Å². The van der Waals surface area contributed by atoms with E-state index >= 15 is 4.39 Å². The molecule has 2 atom stereocenters. The van der Waals surface area contributed by atoms with Gasteiger partial charge in [0.15, 0.2) is 20.0 Å². The van der Waals surface area contributed by atoms with Gasteiger partial charge >= 0.3 is 6.09 Å². The van der Waals surface area contributed by atoms with Crippen molar-refractivity contribution >= 4 is 37.6 Å². The van der Waals surface area contributed by atoms with E-state index in [1.807, 2.05) is 26.8 Å². The molecule has 2 rings (SSSR count). The van der Waals surface area contributed by atoms with Crippen LogP contribution in [0.1, 0.15) is 82.9 Å². The van der Waals surface area contributed by atoms with Gasteiger partial charge in [-0.15, -0.1) is 0 Å². The molecule has 0 unspecified atom stereocenters. The normalized spacial score (nSPS) is 13.7. The molecule has 0 saturated carbocycles. The summed E-state index contributed by atoms with van der Waals surface area (Å²) in [5.74, 6) is -1.58. The molecule has 0 aromatic carbocycles. The second-order valence-corrected chi connectivity index (χ2v) is 18.1. The molecule has 10 nitrogen and oxygen atoms in total. The number of carbonyl (C=O) groups excluding carboxylic acids is 2. The van der Waals surface area contributed by atoms with Gasteiger partial charge in [-0.1, -0.05) is 20.8 Å². The van der Waals surface area contributed by atoms with Crippen molar-refractivity contribution in [3.63, 3.8) is 0 Å². The molecule has 0 aliphatic rings. The molecule has 0 aliphatic heterocycles. The van der Waals surface area contributed by atoms with Crippen molar-refractivity contribution in [2.45, 2.75) is 111 Å². The van der Waals surface area contributed by atoms with Gasteiger partial charge in [-0.25, -0.2) is 14.2 Å². The Hall–Kier alpha value is -3.25. The minimum atomic E-state index is -1.95. The summed E-state index contributed by atoms with van der Waals surface area (Å²) in [6.45, 7) is 22.4. The lowest BCUT2D eigenvalue weighted by Crippen LogP contribution is -2.47. The highest BCUT2D eigenvalue weighted by atomic mass is 28.4. The summed E-state index contributed by atoms with van der Waals surface area (Å²) >= 11 is 0. The minimum Gasteiger partial charge on any atom is -0.444 e. The highest BCUT2D eigenvalue weighted by Crippen LogP contribution is 2.36. The third-order valence-electron chi connectivity index (χ3n) is 7.44. The fourth-order valence-corrected chi connectivity index (χ4v) is 4.87. The first-order chi connectivity index (χ1) is 19.2. The van der Waals surface area contributed by atoms with Gasteiger partial charge in [0.05, 0.1) is 17.4 Å². The van der Waals surface area contributed by atoms with Crippen LogP contribution in [-0.2, 0) is 9.16 Å². The van der Waals surface area contributed by atoms with Gasteiger partial charge in [0, 0.05) is 24.4 Å². The zero-order chi connectivity index (χ0) is 32.0. The molecule has 2 amide bonds. The van der Waals surface area contributed by atoms with Gasteiger partial charge in [0.2, 0.25) is 0 Å². The number of nitrogens with two attached hydrogens (primary N) is 1. The number of aromatic nitrogens is 2. The quantitative estimate of drug-likeness (QED) is 0.157. The molecule has 0 radical (unpaired) electrons. The number of rotatable bonds is 12. The average Bonchev–Trinajstić information content (AvgIpc) is 2.82. The number of hydrogen-bond acceptors (Lipinski definition) is 8. The Morgan fingerprint density at radius 3 is 2.29 bits per heavy atom.